The largest absolute Gasteiger partial charge is 0.484 e. The smallest absolute Gasteiger partial charge is 0.260 e. The van der Waals surface area contributed by atoms with Crippen LogP contribution in [0.3, 0.4) is 0 Å². The zero-order chi connectivity index (χ0) is 23.9. The minimum Gasteiger partial charge on any atom is -0.484 e. The van der Waals surface area contributed by atoms with Crippen LogP contribution in [0.4, 0.5) is 4.39 Å². The Bertz CT molecular complexity index is 1160. The molecule has 3 aromatic carbocycles. The standard InChI is InChI=1S/C27H25FN2O4/c28-24-10-5-4-9-23(24)27(33)30-16-6-15-29(17-18-30)25(31)19-34-22-13-11-21(12-14-22)26(32)20-7-2-1-3-8-20/h1-5,7-14H,6,15-19H2. The summed E-state index contributed by atoms with van der Waals surface area (Å²) in [5.74, 6) is -0.695. The maximum atomic E-state index is 14.0. The summed E-state index contributed by atoms with van der Waals surface area (Å²) in [5.41, 5.74) is 1.19. The highest BCUT2D eigenvalue weighted by Gasteiger charge is 2.24. The molecular formula is C27H25FN2O4. The van der Waals surface area contributed by atoms with Crippen molar-refractivity contribution in [3.63, 3.8) is 0 Å². The quantitative estimate of drug-likeness (QED) is 0.525. The van der Waals surface area contributed by atoms with E-state index in [-0.39, 0.29) is 29.8 Å². The van der Waals surface area contributed by atoms with Gasteiger partial charge in [-0.2, -0.15) is 0 Å². The van der Waals surface area contributed by atoms with Crippen molar-refractivity contribution in [1.82, 2.24) is 9.80 Å². The summed E-state index contributed by atoms with van der Waals surface area (Å²) in [6.45, 7) is 1.48. The van der Waals surface area contributed by atoms with E-state index in [2.05, 4.69) is 0 Å². The number of hydrogen-bond acceptors (Lipinski definition) is 4. The molecule has 2 amide bonds. The molecule has 3 aromatic rings. The summed E-state index contributed by atoms with van der Waals surface area (Å²) in [4.78, 5) is 41.1. The number of amides is 2. The van der Waals surface area contributed by atoms with Gasteiger partial charge in [-0.3, -0.25) is 14.4 Å². The van der Waals surface area contributed by atoms with Crippen molar-refractivity contribution in [2.45, 2.75) is 6.42 Å². The fraction of sp³-hybridized carbons (Fsp3) is 0.222. The zero-order valence-electron chi connectivity index (χ0n) is 18.7. The van der Waals surface area contributed by atoms with E-state index in [4.69, 9.17) is 4.74 Å². The number of nitrogens with zero attached hydrogens (tertiary/aromatic N) is 2. The van der Waals surface area contributed by atoms with E-state index in [0.29, 0.717) is 49.5 Å². The molecule has 1 fully saturated rings. The minimum atomic E-state index is -0.547. The highest BCUT2D eigenvalue weighted by atomic mass is 19.1. The second-order valence-corrected chi connectivity index (χ2v) is 8.01. The predicted molar refractivity (Wildman–Crippen MR) is 125 cm³/mol. The molecule has 0 spiro atoms. The zero-order valence-corrected chi connectivity index (χ0v) is 18.7. The van der Waals surface area contributed by atoms with Crippen LogP contribution in [0.5, 0.6) is 5.75 Å². The number of ether oxygens (including phenoxy) is 1. The Morgan fingerprint density at radius 3 is 2.09 bits per heavy atom. The summed E-state index contributed by atoms with van der Waals surface area (Å²) in [5, 5.41) is 0. The van der Waals surface area contributed by atoms with Gasteiger partial charge in [0.2, 0.25) is 0 Å². The molecule has 0 atom stereocenters. The monoisotopic (exact) mass is 460 g/mol. The SMILES string of the molecule is O=C(c1ccccc1)c1ccc(OCC(=O)N2CCCN(C(=O)c3ccccc3F)CC2)cc1. The van der Waals surface area contributed by atoms with Gasteiger partial charge in [0, 0.05) is 37.3 Å². The number of halogens is 1. The maximum Gasteiger partial charge on any atom is 0.260 e. The molecule has 0 aliphatic carbocycles. The molecule has 0 aromatic heterocycles. The van der Waals surface area contributed by atoms with Gasteiger partial charge in [0.1, 0.15) is 11.6 Å². The van der Waals surface area contributed by atoms with E-state index in [0.717, 1.165) is 0 Å². The Labute approximate surface area is 197 Å². The number of hydrogen-bond donors (Lipinski definition) is 0. The lowest BCUT2D eigenvalue weighted by Gasteiger charge is -2.22. The van der Waals surface area contributed by atoms with Crippen LogP contribution in [-0.4, -0.2) is 60.2 Å². The van der Waals surface area contributed by atoms with Crippen molar-refractivity contribution >= 4 is 17.6 Å². The van der Waals surface area contributed by atoms with Crippen LogP contribution < -0.4 is 4.74 Å². The highest BCUT2D eigenvalue weighted by molar-refractivity contribution is 6.09. The predicted octanol–water partition coefficient (Wildman–Crippen LogP) is 3.81. The van der Waals surface area contributed by atoms with Gasteiger partial charge in [-0.25, -0.2) is 4.39 Å². The molecule has 0 unspecified atom stereocenters. The lowest BCUT2D eigenvalue weighted by molar-refractivity contribution is -0.133. The summed E-state index contributed by atoms with van der Waals surface area (Å²) in [6.07, 6.45) is 0.599. The fourth-order valence-corrected chi connectivity index (χ4v) is 3.87. The summed E-state index contributed by atoms with van der Waals surface area (Å²) in [7, 11) is 0. The molecule has 1 heterocycles. The third-order valence-corrected chi connectivity index (χ3v) is 5.75. The summed E-state index contributed by atoms with van der Waals surface area (Å²) < 4.78 is 19.6. The molecule has 0 N–H and O–H groups in total. The van der Waals surface area contributed by atoms with E-state index in [9.17, 15) is 18.8 Å². The van der Waals surface area contributed by atoms with Gasteiger partial charge in [-0.1, -0.05) is 42.5 Å². The van der Waals surface area contributed by atoms with E-state index in [1.54, 1.807) is 58.3 Å². The van der Waals surface area contributed by atoms with Crippen LogP contribution >= 0.6 is 0 Å². The van der Waals surface area contributed by atoms with Crippen LogP contribution in [0.15, 0.2) is 78.9 Å². The summed E-state index contributed by atoms with van der Waals surface area (Å²) >= 11 is 0. The van der Waals surface area contributed by atoms with E-state index in [1.807, 2.05) is 18.2 Å². The summed E-state index contributed by atoms with van der Waals surface area (Å²) in [6, 6.07) is 21.6. The van der Waals surface area contributed by atoms with Crippen LogP contribution in [0.1, 0.15) is 32.7 Å². The molecule has 1 aliphatic rings. The van der Waals surface area contributed by atoms with Crippen molar-refractivity contribution < 1.29 is 23.5 Å². The maximum absolute atomic E-state index is 14.0. The average molecular weight is 461 g/mol. The van der Waals surface area contributed by atoms with Crippen LogP contribution in [0, 0.1) is 5.82 Å². The normalized spacial score (nSPS) is 13.8. The average Bonchev–Trinajstić information content (AvgIpc) is 3.14. The van der Waals surface area contributed by atoms with Crippen molar-refractivity contribution in [1.29, 1.82) is 0 Å². The molecule has 0 radical (unpaired) electrons. The van der Waals surface area contributed by atoms with Crippen molar-refractivity contribution in [3.8, 4) is 5.75 Å². The third kappa shape index (κ3) is 5.49. The first-order valence-corrected chi connectivity index (χ1v) is 11.2. The Morgan fingerprint density at radius 1 is 0.735 bits per heavy atom. The lowest BCUT2D eigenvalue weighted by atomic mass is 10.0. The molecule has 0 saturated carbocycles. The Hall–Kier alpha value is -4.00. The van der Waals surface area contributed by atoms with Gasteiger partial charge in [-0.15, -0.1) is 0 Å². The van der Waals surface area contributed by atoms with Gasteiger partial charge in [0.15, 0.2) is 12.4 Å². The van der Waals surface area contributed by atoms with Crippen molar-refractivity contribution in [2.24, 2.45) is 0 Å². The van der Waals surface area contributed by atoms with Crippen LogP contribution in [-0.2, 0) is 4.79 Å². The number of rotatable bonds is 6. The lowest BCUT2D eigenvalue weighted by Crippen LogP contribution is -2.39. The Balaban J connectivity index is 1.29. The third-order valence-electron chi connectivity index (χ3n) is 5.75. The number of carbonyl (C=O) groups is 3. The molecule has 34 heavy (non-hydrogen) atoms. The molecule has 1 saturated heterocycles. The van der Waals surface area contributed by atoms with Gasteiger partial charge in [0.05, 0.1) is 5.56 Å². The van der Waals surface area contributed by atoms with E-state index >= 15 is 0 Å². The molecule has 4 rings (SSSR count). The van der Waals surface area contributed by atoms with Gasteiger partial charge in [-0.05, 0) is 42.8 Å². The second-order valence-electron chi connectivity index (χ2n) is 8.01. The Kier molecular flexibility index (Phi) is 7.32. The van der Waals surface area contributed by atoms with Gasteiger partial charge < -0.3 is 14.5 Å². The number of benzene rings is 3. The molecule has 6 nitrogen and oxygen atoms in total. The molecule has 174 valence electrons. The van der Waals surface area contributed by atoms with Crippen molar-refractivity contribution in [3.05, 3.63) is 101 Å². The Morgan fingerprint density at radius 2 is 1.35 bits per heavy atom. The van der Waals surface area contributed by atoms with Gasteiger partial charge >= 0.3 is 0 Å². The fourth-order valence-electron chi connectivity index (χ4n) is 3.87. The first kappa shape index (κ1) is 23.2. The second kappa shape index (κ2) is 10.7. The number of ketones is 1. The highest BCUT2D eigenvalue weighted by Crippen LogP contribution is 2.16. The first-order chi connectivity index (χ1) is 16.5. The molecule has 0 bridgehead atoms. The van der Waals surface area contributed by atoms with E-state index < -0.39 is 5.82 Å². The first-order valence-electron chi connectivity index (χ1n) is 11.2. The minimum absolute atomic E-state index is 0.0415. The van der Waals surface area contributed by atoms with Crippen LogP contribution in [0.25, 0.3) is 0 Å². The molecular weight excluding hydrogens is 435 g/mol. The van der Waals surface area contributed by atoms with Gasteiger partial charge in [0.25, 0.3) is 11.8 Å². The van der Waals surface area contributed by atoms with Crippen molar-refractivity contribution in [2.75, 3.05) is 32.8 Å². The number of carbonyl (C=O) groups excluding carboxylic acids is 3. The topological polar surface area (TPSA) is 66.9 Å². The van der Waals surface area contributed by atoms with E-state index in [1.165, 1.54) is 12.1 Å². The molecule has 7 heteroatoms. The molecule has 1 aliphatic heterocycles. The van der Waals surface area contributed by atoms with Crippen LogP contribution in [0.2, 0.25) is 0 Å².